The van der Waals surface area contributed by atoms with E-state index in [2.05, 4.69) is 0 Å². The lowest BCUT2D eigenvalue weighted by atomic mass is 11.0. The minimum Gasteiger partial charge on any atom is -0.249 e. The molecule has 0 unspecified atom stereocenters. The van der Waals surface area contributed by atoms with E-state index in [1.54, 1.807) is 0 Å². The molecule has 0 heterocycles. The molecule has 6 nitrogen and oxygen atoms in total. The number of rotatable bonds is 1. The van der Waals surface area contributed by atoms with Crippen molar-refractivity contribution in [2.24, 2.45) is 0 Å². The van der Waals surface area contributed by atoms with Crippen molar-refractivity contribution in [3.63, 3.8) is 0 Å². The third kappa shape index (κ3) is 6.64. The normalized spacial score (nSPS) is 10.4. The van der Waals surface area contributed by atoms with Crippen molar-refractivity contribution in [2.45, 2.75) is 0 Å². The molecular formula is C2H2F2N2O4S. The molecule has 0 rings (SSSR count). The molecule has 0 radical (unpaired) electrons. The Balaban J connectivity index is 4.01. The van der Waals surface area contributed by atoms with Crippen molar-refractivity contribution < 1.29 is 26.3 Å². The van der Waals surface area contributed by atoms with Crippen LogP contribution in [0, 0.1) is 0 Å². The Kier molecular flexibility index (Phi) is 2.87. The molecule has 0 aromatic rings. The summed E-state index contributed by atoms with van der Waals surface area (Å²) in [5.74, 6) is 0. The molecule has 0 bridgehead atoms. The first-order valence-electron chi connectivity index (χ1n) is 2.04. The predicted molar refractivity (Wildman–Crippen MR) is 28.2 cm³/mol. The Bertz CT molecular complexity index is 272. The van der Waals surface area contributed by atoms with Crippen LogP contribution in [0.1, 0.15) is 0 Å². The number of hydrogen-bond acceptors (Lipinski definition) is 4. The number of carbonyl (C=O) groups excluding carboxylic acids is 2. The highest BCUT2D eigenvalue weighted by Gasteiger charge is 2.13. The standard InChI is InChI=1S/C2H2F2N2O4S/c3-1(7)5-2(8)6-11(4,9)10/h(H2,5,6,7,8). The fraction of sp³-hybridized carbons (Fsp3) is 0. The lowest BCUT2D eigenvalue weighted by molar-refractivity contribution is 0.216. The summed E-state index contributed by atoms with van der Waals surface area (Å²) in [6.45, 7) is 0. The van der Waals surface area contributed by atoms with E-state index < -0.39 is 22.6 Å². The molecule has 0 saturated heterocycles. The van der Waals surface area contributed by atoms with E-state index in [1.807, 2.05) is 0 Å². The summed E-state index contributed by atoms with van der Waals surface area (Å²) in [5.41, 5.74) is 0. The van der Waals surface area contributed by atoms with E-state index >= 15 is 0 Å². The molecule has 0 aromatic carbocycles. The van der Waals surface area contributed by atoms with Crippen LogP contribution in [0.25, 0.3) is 0 Å². The summed E-state index contributed by atoms with van der Waals surface area (Å²) in [4.78, 5) is 19.4. The van der Waals surface area contributed by atoms with Crippen molar-refractivity contribution in [1.82, 2.24) is 10.0 Å². The molecule has 0 aliphatic heterocycles. The van der Waals surface area contributed by atoms with Crippen LogP contribution in [-0.4, -0.2) is 20.6 Å². The van der Waals surface area contributed by atoms with Crippen LogP contribution in [0.4, 0.5) is 17.9 Å². The molecule has 0 aromatic heterocycles. The molecule has 2 N–H and O–H groups in total. The fourth-order valence-corrected chi connectivity index (χ4v) is 0.498. The number of halogens is 2. The van der Waals surface area contributed by atoms with Gasteiger partial charge in [0.25, 0.3) is 0 Å². The maximum absolute atomic E-state index is 11.5. The molecule has 0 aliphatic carbocycles. The van der Waals surface area contributed by atoms with Crippen molar-refractivity contribution in [1.29, 1.82) is 0 Å². The van der Waals surface area contributed by atoms with Gasteiger partial charge in [-0.15, -0.1) is 4.39 Å². The molecule has 3 amide bonds. The van der Waals surface area contributed by atoms with Gasteiger partial charge in [0.15, 0.2) is 0 Å². The topological polar surface area (TPSA) is 92.3 Å². The van der Waals surface area contributed by atoms with E-state index in [-0.39, 0.29) is 0 Å². The average Bonchev–Trinajstić information content (AvgIpc) is 1.53. The highest BCUT2D eigenvalue weighted by molar-refractivity contribution is 7.84. The minimum absolute atomic E-state index is 0.645. The van der Waals surface area contributed by atoms with Gasteiger partial charge in [-0.1, -0.05) is 3.89 Å². The van der Waals surface area contributed by atoms with Gasteiger partial charge in [-0.2, -0.15) is 8.42 Å². The van der Waals surface area contributed by atoms with Crippen molar-refractivity contribution in [3.05, 3.63) is 0 Å². The number of carbonyl (C=O) groups is 2. The second-order valence-electron chi connectivity index (χ2n) is 1.27. The fourth-order valence-electron chi connectivity index (χ4n) is 0.225. The van der Waals surface area contributed by atoms with Crippen LogP contribution < -0.4 is 10.0 Å². The maximum atomic E-state index is 11.5. The first kappa shape index (κ1) is 9.75. The summed E-state index contributed by atoms with van der Waals surface area (Å²) in [6, 6.07) is -1.79. The minimum atomic E-state index is -5.25. The quantitative estimate of drug-likeness (QED) is 0.432. The highest BCUT2D eigenvalue weighted by atomic mass is 32.3. The van der Waals surface area contributed by atoms with Gasteiger partial charge in [0.1, 0.15) is 0 Å². The van der Waals surface area contributed by atoms with E-state index in [1.165, 1.54) is 0 Å². The largest absolute Gasteiger partial charge is 0.405 e. The van der Waals surface area contributed by atoms with E-state index in [9.17, 15) is 26.3 Å². The van der Waals surface area contributed by atoms with Crippen LogP contribution in [0.2, 0.25) is 0 Å². The Hall–Kier alpha value is -1.25. The second kappa shape index (κ2) is 3.23. The van der Waals surface area contributed by atoms with Gasteiger partial charge in [0, 0.05) is 0 Å². The smallest absolute Gasteiger partial charge is 0.249 e. The lowest BCUT2D eigenvalue weighted by Crippen LogP contribution is -2.38. The van der Waals surface area contributed by atoms with E-state index in [0.717, 1.165) is 5.32 Å². The number of hydrogen-bond donors (Lipinski definition) is 2. The van der Waals surface area contributed by atoms with E-state index in [4.69, 9.17) is 0 Å². The summed E-state index contributed by atoms with van der Waals surface area (Å²) in [7, 11) is -5.25. The molecule has 0 aliphatic rings. The lowest BCUT2D eigenvalue weighted by Gasteiger charge is -1.95. The van der Waals surface area contributed by atoms with Gasteiger partial charge < -0.3 is 0 Å². The van der Waals surface area contributed by atoms with Crippen LogP contribution in [-0.2, 0) is 10.4 Å². The first-order chi connectivity index (χ1) is 4.81. The molecule has 0 saturated carbocycles. The van der Waals surface area contributed by atoms with Gasteiger partial charge in [0.2, 0.25) is 0 Å². The van der Waals surface area contributed by atoms with Gasteiger partial charge in [-0.25, -0.2) is 19.6 Å². The highest BCUT2D eigenvalue weighted by Crippen LogP contribution is 1.82. The Morgan fingerprint density at radius 2 is 1.73 bits per heavy atom. The first-order valence-corrected chi connectivity index (χ1v) is 3.42. The number of imide groups is 1. The third-order valence-electron chi connectivity index (χ3n) is 0.426. The monoisotopic (exact) mass is 188 g/mol. The van der Waals surface area contributed by atoms with Gasteiger partial charge in [0.05, 0.1) is 0 Å². The second-order valence-corrected chi connectivity index (χ2v) is 2.35. The van der Waals surface area contributed by atoms with Crippen molar-refractivity contribution in [2.75, 3.05) is 0 Å². The number of amides is 3. The summed E-state index contributed by atoms with van der Waals surface area (Å²) in [5, 5.41) is 0.825. The van der Waals surface area contributed by atoms with Crippen molar-refractivity contribution >= 4 is 22.6 Å². The molecule has 64 valence electrons. The van der Waals surface area contributed by atoms with E-state index in [0.29, 0.717) is 4.72 Å². The summed E-state index contributed by atoms with van der Waals surface area (Å²) in [6.07, 6.45) is -2.29. The van der Waals surface area contributed by atoms with Crippen LogP contribution in [0.15, 0.2) is 0 Å². The zero-order valence-electron chi connectivity index (χ0n) is 4.80. The van der Waals surface area contributed by atoms with Gasteiger partial charge >= 0.3 is 22.6 Å². The number of nitrogens with one attached hydrogen (secondary N) is 2. The Morgan fingerprint density at radius 3 is 2.00 bits per heavy atom. The van der Waals surface area contributed by atoms with Gasteiger partial charge in [-0.3, -0.25) is 0 Å². The molecule has 9 heteroatoms. The average molecular weight is 188 g/mol. The van der Waals surface area contributed by atoms with Crippen LogP contribution >= 0.6 is 0 Å². The predicted octanol–water partition coefficient (Wildman–Crippen LogP) is -0.411. The molecule has 0 atom stereocenters. The zero-order chi connectivity index (χ0) is 9.07. The third-order valence-corrected chi connectivity index (χ3v) is 0.856. The molecule has 0 fully saturated rings. The maximum Gasteiger partial charge on any atom is 0.405 e. The SMILES string of the molecule is O=C(F)NC(=O)NS(=O)(=O)F. The number of urea groups is 1. The Morgan fingerprint density at radius 1 is 1.27 bits per heavy atom. The zero-order valence-corrected chi connectivity index (χ0v) is 5.61. The van der Waals surface area contributed by atoms with Gasteiger partial charge in [-0.05, 0) is 0 Å². The van der Waals surface area contributed by atoms with Crippen LogP contribution in [0.5, 0.6) is 0 Å². The van der Waals surface area contributed by atoms with Crippen LogP contribution in [0.3, 0.4) is 0 Å². The summed E-state index contributed by atoms with van der Waals surface area (Å²) < 4.78 is 42.4. The Labute approximate surface area is 59.9 Å². The molecule has 11 heavy (non-hydrogen) atoms. The van der Waals surface area contributed by atoms with Crippen molar-refractivity contribution in [3.8, 4) is 0 Å². The summed E-state index contributed by atoms with van der Waals surface area (Å²) >= 11 is 0. The molecule has 0 spiro atoms. The molecular weight excluding hydrogens is 186 g/mol.